The van der Waals surface area contributed by atoms with Gasteiger partial charge in [-0.25, -0.2) is 0 Å². The van der Waals surface area contributed by atoms with Gasteiger partial charge in [0, 0.05) is 0 Å². The van der Waals surface area contributed by atoms with Gasteiger partial charge in [0.2, 0.25) is 0 Å². The highest BCUT2D eigenvalue weighted by Gasteiger charge is 2.58. The van der Waals surface area contributed by atoms with Crippen LogP contribution in [0.4, 0.5) is 0 Å². The van der Waals surface area contributed by atoms with Crippen LogP contribution in [-0.2, 0) is 4.84 Å². The van der Waals surface area contributed by atoms with Crippen LogP contribution in [-0.4, -0.2) is 10.8 Å². The number of hydrogen-bond acceptors (Lipinski definition) is 2. The first-order chi connectivity index (χ1) is 9.42. The Morgan fingerprint density at radius 2 is 1.75 bits per heavy atom. The molecule has 0 amide bonds. The minimum absolute atomic E-state index is 0.0526. The molecule has 2 heteroatoms. The molecule has 1 aromatic carbocycles. The molecule has 0 bridgehead atoms. The minimum atomic E-state index is 0.0526. The summed E-state index contributed by atoms with van der Waals surface area (Å²) in [6.07, 6.45) is 4.96. The van der Waals surface area contributed by atoms with Gasteiger partial charge in [-0.05, 0) is 49.5 Å². The smallest absolute Gasteiger partial charge is 0.165 e. The summed E-state index contributed by atoms with van der Waals surface area (Å²) in [5.41, 5.74) is 1.84. The lowest BCUT2D eigenvalue weighted by atomic mass is 9.71. The van der Waals surface area contributed by atoms with E-state index in [1.54, 1.807) is 0 Å². The number of benzene rings is 1. The van der Waals surface area contributed by atoms with Crippen molar-refractivity contribution in [3.8, 4) is 0 Å². The summed E-state index contributed by atoms with van der Waals surface area (Å²) in [6.45, 7) is 9.36. The lowest BCUT2D eigenvalue weighted by Crippen LogP contribution is -2.32. The van der Waals surface area contributed by atoms with Crippen molar-refractivity contribution >= 4 is 0 Å². The first-order valence-electron chi connectivity index (χ1n) is 7.96. The highest BCUT2D eigenvalue weighted by Crippen LogP contribution is 2.54. The maximum atomic E-state index is 6.06. The summed E-state index contributed by atoms with van der Waals surface area (Å²) in [6, 6.07) is 11.0. The van der Waals surface area contributed by atoms with E-state index >= 15 is 0 Å². The monoisotopic (exact) mass is 273 g/mol. The van der Waals surface area contributed by atoms with E-state index in [1.807, 2.05) is 0 Å². The molecule has 0 N–H and O–H groups in total. The summed E-state index contributed by atoms with van der Waals surface area (Å²) >= 11 is 0. The van der Waals surface area contributed by atoms with Crippen molar-refractivity contribution in [2.75, 3.05) is 0 Å². The van der Waals surface area contributed by atoms with Gasteiger partial charge in [0.15, 0.2) is 5.72 Å². The quantitative estimate of drug-likeness (QED) is 0.710. The molecule has 0 aromatic heterocycles. The summed E-state index contributed by atoms with van der Waals surface area (Å²) in [5, 5.41) is 2.24. The molecule has 2 fully saturated rings. The van der Waals surface area contributed by atoms with Crippen LogP contribution < -0.4 is 0 Å². The highest BCUT2D eigenvalue weighted by molar-refractivity contribution is 5.19. The van der Waals surface area contributed by atoms with E-state index in [2.05, 4.69) is 63.1 Å². The van der Waals surface area contributed by atoms with Crippen molar-refractivity contribution in [2.45, 2.75) is 65.1 Å². The molecular weight excluding hydrogens is 246 g/mol. The van der Waals surface area contributed by atoms with Gasteiger partial charge in [-0.15, -0.1) is 5.06 Å². The van der Waals surface area contributed by atoms with Crippen LogP contribution in [0, 0.1) is 11.3 Å². The van der Waals surface area contributed by atoms with Gasteiger partial charge in [-0.3, -0.25) is 4.84 Å². The summed E-state index contributed by atoms with van der Waals surface area (Å²) < 4.78 is 0. The first-order valence-corrected chi connectivity index (χ1v) is 7.96. The van der Waals surface area contributed by atoms with Gasteiger partial charge in [-0.2, -0.15) is 0 Å². The topological polar surface area (TPSA) is 15.5 Å². The molecule has 3 rings (SSSR count). The maximum absolute atomic E-state index is 6.06. The van der Waals surface area contributed by atoms with Crippen molar-refractivity contribution in [3.63, 3.8) is 0 Å². The second-order valence-electron chi connectivity index (χ2n) is 7.59. The van der Waals surface area contributed by atoms with Crippen LogP contribution in [0.1, 0.15) is 65.0 Å². The molecule has 1 unspecified atom stereocenters. The molecule has 1 aliphatic heterocycles. The Labute approximate surface area is 123 Å². The van der Waals surface area contributed by atoms with Crippen molar-refractivity contribution in [1.29, 1.82) is 0 Å². The number of hydrogen-bond donors (Lipinski definition) is 0. The van der Waals surface area contributed by atoms with Crippen LogP contribution in [0.15, 0.2) is 30.3 Å². The third-order valence-electron chi connectivity index (χ3n) is 5.26. The number of nitrogens with zero attached hydrogens (tertiary/aromatic N) is 1. The maximum Gasteiger partial charge on any atom is 0.165 e. The fourth-order valence-electron chi connectivity index (χ4n) is 3.71. The van der Waals surface area contributed by atoms with Gasteiger partial charge < -0.3 is 0 Å². The minimum Gasteiger partial charge on any atom is -0.271 e. The van der Waals surface area contributed by atoms with Crippen LogP contribution in [0.5, 0.6) is 0 Å². The van der Waals surface area contributed by atoms with Crippen LogP contribution >= 0.6 is 0 Å². The lowest BCUT2D eigenvalue weighted by Gasteiger charge is -2.36. The van der Waals surface area contributed by atoms with E-state index < -0.39 is 0 Å². The van der Waals surface area contributed by atoms with Crippen molar-refractivity contribution in [3.05, 3.63) is 35.9 Å². The fourth-order valence-corrected chi connectivity index (χ4v) is 3.71. The molecule has 0 radical (unpaired) electrons. The second-order valence-corrected chi connectivity index (χ2v) is 7.59. The number of hydroxylamine groups is 2. The molecule has 2 atom stereocenters. The zero-order valence-corrected chi connectivity index (χ0v) is 13.2. The van der Waals surface area contributed by atoms with E-state index in [0.717, 1.165) is 5.92 Å². The summed E-state index contributed by atoms with van der Waals surface area (Å²) in [5.74, 6) is 0.839. The van der Waals surface area contributed by atoms with Gasteiger partial charge in [0.25, 0.3) is 0 Å². The fraction of sp³-hybridized carbons (Fsp3) is 0.667. The van der Waals surface area contributed by atoms with Crippen LogP contribution in [0.2, 0.25) is 0 Å². The average Bonchev–Trinajstić information content (AvgIpc) is 3.12. The molecule has 2 aliphatic rings. The van der Waals surface area contributed by atoms with Crippen LogP contribution in [0.25, 0.3) is 0 Å². The van der Waals surface area contributed by atoms with Gasteiger partial charge in [0.1, 0.15) is 0 Å². The highest BCUT2D eigenvalue weighted by atomic mass is 16.9. The van der Waals surface area contributed by atoms with E-state index in [4.69, 9.17) is 4.84 Å². The Morgan fingerprint density at radius 1 is 1.15 bits per heavy atom. The normalized spacial score (nSPS) is 35.0. The van der Waals surface area contributed by atoms with Crippen molar-refractivity contribution < 1.29 is 4.84 Å². The third-order valence-corrected chi connectivity index (χ3v) is 5.26. The summed E-state index contributed by atoms with van der Waals surface area (Å²) in [4.78, 5) is 6.06. The van der Waals surface area contributed by atoms with Crippen LogP contribution in [0.3, 0.4) is 0 Å². The molecule has 1 heterocycles. The van der Waals surface area contributed by atoms with Gasteiger partial charge >= 0.3 is 0 Å². The molecular formula is C18H27NO. The standard InChI is InChI=1S/C18H27NO/c1-14(15-8-6-5-7-9-15)19-18(20-19)12-10-16(11-13-18)17(2,3)4/h5-9,14,16H,10-13H2,1-4H3/t14-,16?,18?,19?/m0/s1. The third kappa shape index (κ3) is 2.51. The Balaban J connectivity index is 1.62. The molecule has 1 saturated carbocycles. The Hall–Kier alpha value is -0.860. The summed E-state index contributed by atoms with van der Waals surface area (Å²) in [7, 11) is 0. The van der Waals surface area contributed by atoms with Crippen molar-refractivity contribution in [1.82, 2.24) is 5.06 Å². The first kappa shape index (κ1) is 14.1. The average molecular weight is 273 g/mol. The zero-order valence-electron chi connectivity index (χ0n) is 13.2. The Bertz CT molecular complexity index is 454. The Kier molecular flexibility index (Phi) is 3.42. The SMILES string of the molecule is C[C@@H](c1ccccc1)N1OC12CCC(C(C)(C)C)CC2. The van der Waals surface area contributed by atoms with E-state index in [9.17, 15) is 0 Å². The number of rotatable bonds is 2. The van der Waals surface area contributed by atoms with E-state index in [1.165, 1.54) is 31.2 Å². The second kappa shape index (κ2) is 4.85. The van der Waals surface area contributed by atoms with Gasteiger partial charge in [-0.1, -0.05) is 51.1 Å². The lowest BCUT2D eigenvalue weighted by molar-refractivity contribution is 0.123. The predicted octanol–water partition coefficient (Wildman–Crippen LogP) is 4.93. The largest absolute Gasteiger partial charge is 0.271 e. The zero-order chi connectivity index (χ0) is 14.4. The molecule has 1 spiro atoms. The molecule has 1 aliphatic carbocycles. The van der Waals surface area contributed by atoms with E-state index in [0.29, 0.717) is 11.5 Å². The molecule has 1 aromatic rings. The molecule has 1 saturated heterocycles. The van der Waals surface area contributed by atoms with E-state index in [-0.39, 0.29) is 5.72 Å². The molecule has 20 heavy (non-hydrogen) atoms. The molecule has 110 valence electrons. The van der Waals surface area contributed by atoms with Gasteiger partial charge in [0.05, 0.1) is 6.04 Å². The predicted molar refractivity (Wildman–Crippen MR) is 81.9 cm³/mol. The van der Waals surface area contributed by atoms with Crippen molar-refractivity contribution in [2.24, 2.45) is 11.3 Å². The Morgan fingerprint density at radius 3 is 2.30 bits per heavy atom. The molecule has 2 nitrogen and oxygen atoms in total.